The first-order valence-corrected chi connectivity index (χ1v) is 9.51. The number of rotatable bonds is 9. The van der Waals surface area contributed by atoms with E-state index in [0.29, 0.717) is 24.3 Å². The van der Waals surface area contributed by atoms with Crippen LogP contribution in [0.25, 0.3) is 0 Å². The van der Waals surface area contributed by atoms with Crippen LogP contribution in [0.2, 0.25) is 0 Å². The van der Waals surface area contributed by atoms with Crippen molar-refractivity contribution in [2.24, 2.45) is 0 Å². The van der Waals surface area contributed by atoms with Gasteiger partial charge in [0, 0.05) is 6.54 Å². The van der Waals surface area contributed by atoms with E-state index in [2.05, 4.69) is 5.32 Å². The van der Waals surface area contributed by atoms with Gasteiger partial charge < -0.3 is 15.2 Å². The van der Waals surface area contributed by atoms with Gasteiger partial charge in [0.2, 0.25) is 0 Å². The number of amides is 1. The van der Waals surface area contributed by atoms with E-state index in [4.69, 9.17) is 4.74 Å². The van der Waals surface area contributed by atoms with E-state index in [0.717, 1.165) is 18.6 Å². The number of aliphatic hydroxyl groups is 1. The molecule has 144 valence electrons. The van der Waals surface area contributed by atoms with Crippen LogP contribution in [-0.2, 0) is 10.4 Å². The Bertz CT molecular complexity index is 811. The minimum Gasteiger partial charge on any atom is -0.494 e. The Hall–Kier alpha value is -3.11. The highest BCUT2D eigenvalue weighted by Crippen LogP contribution is 2.29. The topological polar surface area (TPSA) is 58.6 Å². The Balaban J connectivity index is 1.57. The summed E-state index contributed by atoms with van der Waals surface area (Å²) >= 11 is 0. The summed E-state index contributed by atoms with van der Waals surface area (Å²) in [6.07, 6.45) is 1.57. The molecule has 28 heavy (non-hydrogen) atoms. The highest BCUT2D eigenvalue weighted by molar-refractivity contribution is 5.90. The summed E-state index contributed by atoms with van der Waals surface area (Å²) in [4.78, 5) is 12.9. The van der Waals surface area contributed by atoms with E-state index in [9.17, 15) is 9.90 Å². The average Bonchev–Trinajstić information content (AvgIpc) is 2.77. The third-order valence-electron chi connectivity index (χ3n) is 4.58. The highest BCUT2D eigenvalue weighted by atomic mass is 16.5. The molecule has 0 atom stereocenters. The summed E-state index contributed by atoms with van der Waals surface area (Å²) in [5.41, 5.74) is -0.625. The smallest absolute Gasteiger partial charge is 0.261 e. The van der Waals surface area contributed by atoms with Gasteiger partial charge in [0.1, 0.15) is 5.75 Å². The van der Waals surface area contributed by atoms with Crippen molar-refractivity contribution < 1.29 is 14.6 Å². The van der Waals surface area contributed by atoms with Crippen molar-refractivity contribution in [3.63, 3.8) is 0 Å². The van der Waals surface area contributed by atoms with E-state index in [1.807, 2.05) is 66.7 Å². The largest absolute Gasteiger partial charge is 0.494 e. The maximum Gasteiger partial charge on any atom is 0.261 e. The van der Waals surface area contributed by atoms with Gasteiger partial charge in [-0.05, 0) is 36.1 Å². The fourth-order valence-electron chi connectivity index (χ4n) is 3.05. The lowest BCUT2D eigenvalue weighted by atomic mass is 9.85. The first-order valence-electron chi connectivity index (χ1n) is 9.51. The van der Waals surface area contributed by atoms with Crippen LogP contribution in [0.5, 0.6) is 5.75 Å². The third kappa shape index (κ3) is 4.78. The lowest BCUT2D eigenvalue weighted by Crippen LogP contribution is -2.45. The van der Waals surface area contributed by atoms with Crippen LogP contribution >= 0.6 is 0 Å². The summed E-state index contributed by atoms with van der Waals surface area (Å²) in [6.45, 7) is 1.06. The van der Waals surface area contributed by atoms with Crippen molar-refractivity contribution in [3.8, 4) is 5.75 Å². The molecule has 0 saturated heterocycles. The van der Waals surface area contributed by atoms with Gasteiger partial charge in [-0.2, -0.15) is 0 Å². The average molecular weight is 375 g/mol. The lowest BCUT2D eigenvalue weighted by molar-refractivity contribution is -0.136. The number of benzene rings is 3. The fraction of sp³-hybridized carbons (Fsp3) is 0.208. The van der Waals surface area contributed by atoms with Crippen molar-refractivity contribution in [1.82, 2.24) is 5.32 Å². The molecule has 4 nitrogen and oxygen atoms in total. The molecule has 3 rings (SSSR count). The molecular weight excluding hydrogens is 350 g/mol. The van der Waals surface area contributed by atoms with Gasteiger partial charge in [-0.3, -0.25) is 4.79 Å². The summed E-state index contributed by atoms with van der Waals surface area (Å²) in [5, 5.41) is 14.2. The van der Waals surface area contributed by atoms with Crippen LogP contribution in [-0.4, -0.2) is 24.2 Å². The number of nitrogens with one attached hydrogen (secondary N) is 1. The quantitative estimate of drug-likeness (QED) is 0.558. The second-order valence-electron chi connectivity index (χ2n) is 6.57. The zero-order valence-corrected chi connectivity index (χ0v) is 15.8. The molecule has 4 heteroatoms. The Morgan fingerprint density at radius 2 is 1.29 bits per heavy atom. The van der Waals surface area contributed by atoms with Gasteiger partial charge in [0.05, 0.1) is 6.61 Å². The van der Waals surface area contributed by atoms with E-state index < -0.39 is 11.5 Å². The summed E-state index contributed by atoms with van der Waals surface area (Å²) < 4.78 is 5.66. The molecule has 0 fully saturated rings. The molecule has 1 amide bonds. The number of para-hydroxylation sites is 1. The molecule has 0 spiro atoms. The van der Waals surface area contributed by atoms with Gasteiger partial charge in [-0.25, -0.2) is 0 Å². The Labute approximate surface area is 165 Å². The molecule has 3 aromatic carbocycles. The van der Waals surface area contributed by atoms with Crippen LogP contribution in [0.4, 0.5) is 0 Å². The van der Waals surface area contributed by atoms with Crippen molar-refractivity contribution >= 4 is 5.91 Å². The number of hydrogen-bond donors (Lipinski definition) is 2. The monoisotopic (exact) mass is 375 g/mol. The Kier molecular flexibility index (Phi) is 6.82. The molecule has 2 N–H and O–H groups in total. The second kappa shape index (κ2) is 9.72. The second-order valence-corrected chi connectivity index (χ2v) is 6.57. The SMILES string of the molecule is O=C(NCCCCOc1ccccc1)C(O)(c1ccccc1)c1ccccc1. The molecule has 0 heterocycles. The molecule has 0 aliphatic carbocycles. The maximum absolute atomic E-state index is 12.9. The number of carbonyl (C=O) groups excluding carboxylic acids is 1. The minimum atomic E-state index is -1.72. The predicted octanol–water partition coefficient (Wildman–Crippen LogP) is 3.90. The maximum atomic E-state index is 12.9. The van der Waals surface area contributed by atoms with Gasteiger partial charge in [0.15, 0.2) is 5.60 Å². The first-order chi connectivity index (χ1) is 13.7. The lowest BCUT2D eigenvalue weighted by Gasteiger charge is -2.28. The molecule has 0 saturated carbocycles. The zero-order valence-electron chi connectivity index (χ0n) is 15.8. The zero-order chi connectivity index (χ0) is 19.7. The Morgan fingerprint density at radius 1 is 0.786 bits per heavy atom. The predicted molar refractivity (Wildman–Crippen MR) is 110 cm³/mol. The normalized spacial score (nSPS) is 11.0. The minimum absolute atomic E-state index is 0.422. The first kappa shape index (κ1) is 19.6. The number of hydrogen-bond acceptors (Lipinski definition) is 3. The van der Waals surface area contributed by atoms with Crippen molar-refractivity contribution in [2.75, 3.05) is 13.2 Å². The summed E-state index contributed by atoms with van der Waals surface area (Å²) in [7, 11) is 0. The van der Waals surface area contributed by atoms with E-state index in [-0.39, 0.29) is 0 Å². The molecule has 0 aromatic heterocycles. The molecule has 0 unspecified atom stereocenters. The number of carbonyl (C=O) groups is 1. The van der Waals surface area contributed by atoms with Crippen LogP contribution in [0.15, 0.2) is 91.0 Å². The molecular formula is C24H25NO3. The van der Waals surface area contributed by atoms with Gasteiger partial charge in [-0.15, -0.1) is 0 Å². The number of unbranched alkanes of at least 4 members (excludes halogenated alkanes) is 1. The standard InChI is InChI=1S/C24H25NO3/c26-23(25-18-10-11-19-28-22-16-8-3-9-17-22)24(27,20-12-4-1-5-13-20)21-14-6-2-7-15-21/h1-9,12-17,27H,10-11,18-19H2,(H,25,26). The van der Waals surface area contributed by atoms with Crippen LogP contribution in [0.1, 0.15) is 24.0 Å². The van der Waals surface area contributed by atoms with E-state index in [1.165, 1.54) is 0 Å². The van der Waals surface area contributed by atoms with Crippen molar-refractivity contribution in [1.29, 1.82) is 0 Å². The third-order valence-corrected chi connectivity index (χ3v) is 4.58. The molecule has 0 aliphatic heterocycles. The van der Waals surface area contributed by atoms with Gasteiger partial charge >= 0.3 is 0 Å². The van der Waals surface area contributed by atoms with Crippen LogP contribution in [0.3, 0.4) is 0 Å². The fourth-order valence-corrected chi connectivity index (χ4v) is 3.05. The number of ether oxygens (including phenoxy) is 1. The van der Waals surface area contributed by atoms with Crippen LogP contribution in [0, 0.1) is 0 Å². The van der Waals surface area contributed by atoms with Crippen molar-refractivity contribution in [2.45, 2.75) is 18.4 Å². The Morgan fingerprint density at radius 3 is 1.82 bits per heavy atom. The summed E-state index contributed by atoms with van der Waals surface area (Å²) in [6, 6.07) is 27.7. The van der Waals surface area contributed by atoms with Crippen LogP contribution < -0.4 is 10.1 Å². The van der Waals surface area contributed by atoms with E-state index in [1.54, 1.807) is 24.3 Å². The molecule has 3 aromatic rings. The van der Waals surface area contributed by atoms with Gasteiger partial charge in [-0.1, -0.05) is 78.9 Å². The molecule has 0 aliphatic rings. The van der Waals surface area contributed by atoms with E-state index >= 15 is 0 Å². The summed E-state index contributed by atoms with van der Waals surface area (Å²) in [5.74, 6) is 0.419. The molecule has 0 radical (unpaired) electrons. The molecule has 0 bridgehead atoms. The van der Waals surface area contributed by atoms with Gasteiger partial charge in [0.25, 0.3) is 5.91 Å². The van der Waals surface area contributed by atoms with Crippen molar-refractivity contribution in [3.05, 3.63) is 102 Å². The highest BCUT2D eigenvalue weighted by Gasteiger charge is 2.39.